The first kappa shape index (κ1) is 18.1. The molecule has 0 atom stereocenters. The Morgan fingerprint density at radius 2 is 2.07 bits per heavy atom. The number of fused-ring (bicyclic) bond motifs is 1. The zero-order valence-corrected chi connectivity index (χ0v) is 16.6. The molecule has 1 N–H and O–H groups in total. The van der Waals surface area contributed by atoms with Crippen LogP contribution in [0.3, 0.4) is 0 Å². The molecule has 1 aromatic carbocycles. The first-order valence-electron chi connectivity index (χ1n) is 9.07. The van der Waals surface area contributed by atoms with Crippen LogP contribution in [-0.2, 0) is 11.2 Å². The van der Waals surface area contributed by atoms with Crippen molar-refractivity contribution in [3.05, 3.63) is 41.0 Å². The van der Waals surface area contributed by atoms with E-state index < -0.39 is 0 Å². The number of hydrogen-bond donors (Lipinski definition) is 1. The van der Waals surface area contributed by atoms with E-state index in [9.17, 15) is 4.79 Å². The molecule has 3 aromatic rings. The highest BCUT2D eigenvalue weighted by Gasteiger charge is 2.26. The lowest BCUT2D eigenvalue weighted by Gasteiger charge is -2.31. The minimum absolute atomic E-state index is 0.0141. The number of halogens is 1. The molecule has 1 aliphatic rings. The Bertz CT molecular complexity index is 950. The minimum Gasteiger partial charge on any atom is -0.355 e. The summed E-state index contributed by atoms with van der Waals surface area (Å²) in [6.07, 6.45) is 2.55. The molecule has 0 spiro atoms. The highest BCUT2D eigenvalue weighted by molar-refractivity contribution is 7.22. The number of carbonyl (C=O) groups is 1. The van der Waals surface area contributed by atoms with Crippen molar-refractivity contribution >= 4 is 50.0 Å². The maximum atomic E-state index is 12.6. The van der Waals surface area contributed by atoms with Gasteiger partial charge in [0.25, 0.3) is 0 Å². The largest absolute Gasteiger partial charge is 0.355 e. The molecule has 4 rings (SSSR count). The van der Waals surface area contributed by atoms with Crippen LogP contribution in [0.15, 0.2) is 30.3 Å². The average Bonchev–Trinajstić information content (AvgIpc) is 3.10. The van der Waals surface area contributed by atoms with E-state index in [2.05, 4.69) is 44.5 Å². The van der Waals surface area contributed by atoms with Crippen LogP contribution in [0.5, 0.6) is 0 Å². The number of nitrogens with one attached hydrogen (secondary N) is 1. The predicted octanol–water partition coefficient (Wildman–Crippen LogP) is 4.16. The summed E-state index contributed by atoms with van der Waals surface area (Å²) in [5.41, 5.74) is 2.21. The van der Waals surface area contributed by atoms with E-state index >= 15 is 0 Å². The molecule has 0 saturated carbocycles. The minimum atomic E-state index is -0.0141. The summed E-state index contributed by atoms with van der Waals surface area (Å²) in [6.45, 7) is 3.68. The molecule has 0 unspecified atom stereocenters. The Morgan fingerprint density at radius 1 is 1.26 bits per heavy atom. The van der Waals surface area contributed by atoms with Gasteiger partial charge in [-0.05, 0) is 49.1 Å². The van der Waals surface area contributed by atoms with Crippen molar-refractivity contribution in [2.45, 2.75) is 26.2 Å². The molecular weight excluding hydrogens is 382 g/mol. The molecule has 0 radical (unpaired) electrons. The van der Waals surface area contributed by atoms with E-state index in [0.717, 1.165) is 48.4 Å². The number of aryl methyl sites for hydroxylation is 1. The number of hydrogen-bond acceptors (Lipinski definition) is 6. The van der Waals surface area contributed by atoms with Crippen LogP contribution in [-0.4, -0.2) is 34.2 Å². The van der Waals surface area contributed by atoms with Crippen LogP contribution >= 0.6 is 22.9 Å². The summed E-state index contributed by atoms with van der Waals surface area (Å²) in [5.74, 6) is 0.836. The van der Waals surface area contributed by atoms with Crippen LogP contribution in [0.1, 0.15) is 25.3 Å². The van der Waals surface area contributed by atoms with Crippen LogP contribution in [0.4, 0.5) is 10.9 Å². The Balaban J connectivity index is 1.37. The van der Waals surface area contributed by atoms with Crippen molar-refractivity contribution in [2.24, 2.45) is 5.92 Å². The van der Waals surface area contributed by atoms with Crippen molar-refractivity contribution in [1.82, 2.24) is 15.2 Å². The number of carbonyl (C=O) groups excluding carboxylic acids is 1. The fraction of sp³-hybridized carbons (Fsp3) is 0.368. The normalized spacial score (nSPS) is 15.3. The number of aromatic nitrogens is 3. The molecule has 6 nitrogen and oxygen atoms in total. The number of thiazole rings is 1. The number of rotatable bonds is 4. The zero-order valence-electron chi connectivity index (χ0n) is 15.0. The number of piperidine rings is 1. The summed E-state index contributed by atoms with van der Waals surface area (Å²) in [4.78, 5) is 19.3. The third kappa shape index (κ3) is 4.04. The fourth-order valence-electron chi connectivity index (χ4n) is 3.30. The van der Waals surface area contributed by atoms with E-state index in [1.54, 1.807) is 6.07 Å². The summed E-state index contributed by atoms with van der Waals surface area (Å²) < 4.78 is 1.11. The van der Waals surface area contributed by atoms with Gasteiger partial charge in [0.2, 0.25) is 5.91 Å². The second-order valence-electron chi connectivity index (χ2n) is 6.64. The highest BCUT2D eigenvalue weighted by Crippen LogP contribution is 2.29. The van der Waals surface area contributed by atoms with Crippen molar-refractivity contribution in [3.8, 4) is 0 Å². The lowest BCUT2D eigenvalue weighted by Crippen LogP contribution is -2.38. The van der Waals surface area contributed by atoms with Crippen LogP contribution in [0, 0.1) is 5.92 Å². The predicted molar refractivity (Wildman–Crippen MR) is 110 cm³/mol. The molecule has 8 heteroatoms. The zero-order chi connectivity index (χ0) is 18.8. The molecule has 0 aliphatic carbocycles. The maximum absolute atomic E-state index is 12.6. The summed E-state index contributed by atoms with van der Waals surface area (Å²) in [7, 11) is 0. The summed E-state index contributed by atoms with van der Waals surface area (Å²) >= 11 is 7.32. The second kappa shape index (κ2) is 7.78. The molecular formula is C19H20ClN5OS. The Labute approximate surface area is 166 Å². The van der Waals surface area contributed by atoms with Gasteiger partial charge in [0, 0.05) is 19.0 Å². The van der Waals surface area contributed by atoms with Gasteiger partial charge in [-0.1, -0.05) is 35.9 Å². The first-order valence-corrected chi connectivity index (χ1v) is 10.3. The molecule has 140 valence electrons. The molecule has 0 bridgehead atoms. The smallest absolute Gasteiger partial charge is 0.229 e. The fourth-order valence-corrected chi connectivity index (χ4v) is 4.33. The van der Waals surface area contributed by atoms with Crippen molar-refractivity contribution < 1.29 is 4.79 Å². The lowest BCUT2D eigenvalue weighted by atomic mass is 9.96. The van der Waals surface area contributed by atoms with Crippen LogP contribution in [0.25, 0.3) is 10.2 Å². The van der Waals surface area contributed by atoms with E-state index in [1.165, 1.54) is 16.9 Å². The van der Waals surface area contributed by atoms with Gasteiger partial charge in [-0.3, -0.25) is 4.79 Å². The van der Waals surface area contributed by atoms with E-state index in [4.69, 9.17) is 11.6 Å². The van der Waals surface area contributed by atoms with Gasteiger partial charge in [0.05, 0.1) is 10.2 Å². The Hall–Kier alpha value is -2.25. The SMILES string of the molecule is CCc1ccc2nc(NC(=O)C3CCN(c4ccc(Cl)nn4)CC3)sc2c1. The van der Waals surface area contributed by atoms with Gasteiger partial charge in [-0.2, -0.15) is 0 Å². The van der Waals surface area contributed by atoms with Crippen LogP contribution < -0.4 is 10.2 Å². The quantitative estimate of drug-likeness (QED) is 0.710. The summed E-state index contributed by atoms with van der Waals surface area (Å²) in [5, 5.41) is 12.1. The number of benzene rings is 1. The Kier molecular flexibility index (Phi) is 5.22. The second-order valence-corrected chi connectivity index (χ2v) is 8.06. The van der Waals surface area contributed by atoms with Gasteiger partial charge in [-0.15, -0.1) is 10.2 Å². The van der Waals surface area contributed by atoms with E-state index in [1.807, 2.05) is 12.1 Å². The molecule has 1 fully saturated rings. The third-order valence-electron chi connectivity index (χ3n) is 4.90. The highest BCUT2D eigenvalue weighted by atomic mass is 35.5. The molecule has 27 heavy (non-hydrogen) atoms. The molecule has 1 aliphatic heterocycles. The molecule has 1 saturated heterocycles. The number of anilines is 2. The molecule has 1 amide bonds. The van der Waals surface area contributed by atoms with Crippen LogP contribution in [0.2, 0.25) is 5.15 Å². The topological polar surface area (TPSA) is 71.0 Å². The van der Waals surface area contributed by atoms with Gasteiger partial charge < -0.3 is 10.2 Å². The van der Waals surface area contributed by atoms with Gasteiger partial charge >= 0.3 is 0 Å². The maximum Gasteiger partial charge on any atom is 0.229 e. The van der Waals surface area contributed by atoms with Crippen molar-refractivity contribution in [2.75, 3.05) is 23.3 Å². The van der Waals surface area contributed by atoms with Gasteiger partial charge in [-0.25, -0.2) is 4.98 Å². The standard InChI is InChI=1S/C19H20ClN5OS/c1-2-12-3-4-14-15(11-12)27-19(21-14)22-18(26)13-7-9-25(10-8-13)17-6-5-16(20)23-24-17/h3-6,11,13H,2,7-10H2,1H3,(H,21,22,26). The third-order valence-corrected chi connectivity index (χ3v) is 6.03. The average molecular weight is 402 g/mol. The van der Waals surface area contributed by atoms with Gasteiger partial charge in [0.15, 0.2) is 16.1 Å². The van der Waals surface area contributed by atoms with E-state index in [-0.39, 0.29) is 11.8 Å². The monoisotopic (exact) mass is 401 g/mol. The van der Waals surface area contributed by atoms with E-state index in [0.29, 0.717) is 10.3 Å². The number of amides is 1. The summed E-state index contributed by atoms with van der Waals surface area (Å²) in [6, 6.07) is 9.85. The Morgan fingerprint density at radius 3 is 2.78 bits per heavy atom. The molecule has 2 aromatic heterocycles. The van der Waals surface area contributed by atoms with Crippen molar-refractivity contribution in [3.63, 3.8) is 0 Å². The van der Waals surface area contributed by atoms with Gasteiger partial charge in [0.1, 0.15) is 0 Å². The number of nitrogens with zero attached hydrogens (tertiary/aromatic N) is 4. The molecule has 3 heterocycles. The van der Waals surface area contributed by atoms with Crippen molar-refractivity contribution in [1.29, 1.82) is 0 Å². The first-order chi connectivity index (χ1) is 13.1. The lowest BCUT2D eigenvalue weighted by molar-refractivity contribution is -0.120.